The van der Waals surface area contributed by atoms with Gasteiger partial charge in [-0.2, -0.15) is 0 Å². The average molecular weight is 269 g/mol. The van der Waals surface area contributed by atoms with Crippen LogP contribution in [0.15, 0.2) is 42.5 Å². The molecule has 7 heteroatoms. The highest BCUT2D eigenvalue weighted by Crippen LogP contribution is 2.29. The molecule has 0 N–H and O–H groups in total. The normalized spacial score (nSPS) is 10.8. The summed E-state index contributed by atoms with van der Waals surface area (Å²) < 4.78 is 0. The molecule has 0 unspecified atom stereocenters. The molecule has 98 valence electrons. The van der Waals surface area contributed by atoms with Gasteiger partial charge in [-0.3, -0.25) is 20.2 Å². The van der Waals surface area contributed by atoms with Gasteiger partial charge in [0.2, 0.25) is 0 Å². The molecule has 7 nitrogen and oxygen atoms in total. The molecule has 0 aliphatic carbocycles. The van der Waals surface area contributed by atoms with Gasteiger partial charge >= 0.3 is 0 Å². The van der Waals surface area contributed by atoms with E-state index in [-0.39, 0.29) is 11.4 Å². The summed E-state index contributed by atoms with van der Waals surface area (Å²) in [6, 6.07) is 10.4. The molecule has 20 heavy (non-hydrogen) atoms. The first-order valence-corrected chi connectivity index (χ1v) is 5.68. The quantitative estimate of drug-likeness (QED) is 0.404. The van der Waals surface area contributed by atoms with Gasteiger partial charge in [0.05, 0.1) is 26.3 Å². The minimum atomic E-state index is -0.511. The molecule has 0 saturated carbocycles. The molecular formula is C13H7N3O4. The number of nitrogens with zero attached hydrogens (tertiary/aromatic N) is 3. The van der Waals surface area contributed by atoms with Crippen molar-refractivity contribution >= 4 is 33.2 Å². The Morgan fingerprint density at radius 3 is 2.40 bits per heavy atom. The number of non-ortho nitro benzene ring substituents is 2. The SMILES string of the molecule is O=[N+]([O-])c1ccc2nc3cccc([N+](=O)[O-])c3cc2c1. The van der Waals surface area contributed by atoms with Crippen LogP contribution in [0.1, 0.15) is 0 Å². The van der Waals surface area contributed by atoms with Gasteiger partial charge in [-0.1, -0.05) is 6.07 Å². The maximum Gasteiger partial charge on any atom is 0.278 e. The van der Waals surface area contributed by atoms with Crippen LogP contribution in [-0.4, -0.2) is 14.8 Å². The summed E-state index contributed by atoms with van der Waals surface area (Å²) in [4.78, 5) is 25.0. The summed E-state index contributed by atoms with van der Waals surface area (Å²) in [6.45, 7) is 0. The molecule has 1 aromatic heterocycles. The van der Waals surface area contributed by atoms with Gasteiger partial charge in [0.25, 0.3) is 11.4 Å². The van der Waals surface area contributed by atoms with E-state index in [2.05, 4.69) is 4.98 Å². The molecule has 0 aliphatic rings. The first-order chi connectivity index (χ1) is 9.56. The second-order valence-electron chi connectivity index (χ2n) is 4.22. The van der Waals surface area contributed by atoms with Crippen LogP contribution in [0.3, 0.4) is 0 Å². The Bertz CT molecular complexity index is 876. The van der Waals surface area contributed by atoms with Crippen LogP contribution >= 0.6 is 0 Å². The Morgan fingerprint density at radius 2 is 1.70 bits per heavy atom. The molecule has 0 aliphatic heterocycles. The van der Waals surface area contributed by atoms with Gasteiger partial charge in [-0.15, -0.1) is 0 Å². The second-order valence-corrected chi connectivity index (χ2v) is 4.22. The van der Waals surface area contributed by atoms with Gasteiger partial charge < -0.3 is 0 Å². The summed E-state index contributed by atoms with van der Waals surface area (Å²) in [6.07, 6.45) is 0. The van der Waals surface area contributed by atoms with Crippen LogP contribution in [0.4, 0.5) is 11.4 Å². The lowest BCUT2D eigenvalue weighted by atomic mass is 10.1. The number of rotatable bonds is 2. The third kappa shape index (κ3) is 1.81. The Hall–Kier alpha value is -3.09. The van der Waals surface area contributed by atoms with Gasteiger partial charge in [0, 0.05) is 23.6 Å². The Balaban J connectivity index is 2.38. The lowest BCUT2D eigenvalue weighted by molar-refractivity contribution is -0.384. The van der Waals surface area contributed by atoms with Crippen molar-refractivity contribution in [3.8, 4) is 0 Å². The molecule has 0 radical (unpaired) electrons. The Kier molecular flexibility index (Phi) is 2.53. The van der Waals surface area contributed by atoms with E-state index >= 15 is 0 Å². The lowest BCUT2D eigenvalue weighted by Gasteiger charge is -2.02. The number of pyridine rings is 1. The number of aromatic nitrogens is 1. The van der Waals surface area contributed by atoms with Crippen LogP contribution in [0.2, 0.25) is 0 Å². The Labute approximate surface area is 111 Å². The van der Waals surface area contributed by atoms with Crippen molar-refractivity contribution < 1.29 is 9.85 Å². The zero-order valence-electron chi connectivity index (χ0n) is 10.0. The van der Waals surface area contributed by atoms with Gasteiger partial charge in [0.15, 0.2) is 0 Å². The predicted molar refractivity (Wildman–Crippen MR) is 72.6 cm³/mol. The van der Waals surface area contributed by atoms with E-state index in [1.807, 2.05) is 0 Å². The zero-order chi connectivity index (χ0) is 14.3. The van der Waals surface area contributed by atoms with E-state index in [4.69, 9.17) is 0 Å². The largest absolute Gasteiger partial charge is 0.278 e. The van der Waals surface area contributed by atoms with Crippen molar-refractivity contribution in [3.63, 3.8) is 0 Å². The fraction of sp³-hybridized carbons (Fsp3) is 0. The van der Waals surface area contributed by atoms with Crippen LogP contribution < -0.4 is 0 Å². The summed E-state index contributed by atoms with van der Waals surface area (Å²) in [5.41, 5.74) is 0.907. The smallest absolute Gasteiger partial charge is 0.258 e. The van der Waals surface area contributed by atoms with E-state index in [1.54, 1.807) is 18.2 Å². The Morgan fingerprint density at radius 1 is 0.900 bits per heavy atom. The summed E-state index contributed by atoms with van der Waals surface area (Å²) >= 11 is 0. The van der Waals surface area contributed by atoms with Crippen LogP contribution in [-0.2, 0) is 0 Å². The summed E-state index contributed by atoms with van der Waals surface area (Å²) in [5, 5.41) is 22.6. The number of nitro benzene ring substituents is 2. The summed E-state index contributed by atoms with van der Waals surface area (Å²) in [5.74, 6) is 0. The number of nitro groups is 2. The molecule has 3 rings (SSSR count). The van der Waals surface area contributed by atoms with E-state index in [0.29, 0.717) is 21.8 Å². The molecule has 3 aromatic rings. The highest BCUT2D eigenvalue weighted by Gasteiger charge is 2.14. The molecule has 1 heterocycles. The molecule has 0 amide bonds. The molecule has 2 aromatic carbocycles. The highest BCUT2D eigenvalue weighted by molar-refractivity contribution is 5.97. The first-order valence-electron chi connectivity index (χ1n) is 5.68. The van der Waals surface area contributed by atoms with Crippen LogP contribution in [0.25, 0.3) is 21.8 Å². The van der Waals surface area contributed by atoms with E-state index in [0.717, 1.165) is 0 Å². The third-order valence-electron chi connectivity index (χ3n) is 3.02. The topological polar surface area (TPSA) is 99.2 Å². The van der Waals surface area contributed by atoms with Gasteiger partial charge in [-0.25, -0.2) is 4.98 Å². The first kappa shape index (κ1) is 12.0. The highest BCUT2D eigenvalue weighted by atomic mass is 16.6. The molecular weight excluding hydrogens is 262 g/mol. The fourth-order valence-electron chi connectivity index (χ4n) is 2.10. The number of hydrogen-bond acceptors (Lipinski definition) is 5. The maximum absolute atomic E-state index is 11.0. The van der Waals surface area contributed by atoms with E-state index in [1.165, 1.54) is 24.3 Å². The van der Waals surface area contributed by atoms with Gasteiger partial charge in [0.1, 0.15) is 0 Å². The van der Waals surface area contributed by atoms with Crippen molar-refractivity contribution in [3.05, 3.63) is 62.7 Å². The molecule has 0 bridgehead atoms. The zero-order valence-corrected chi connectivity index (χ0v) is 10.0. The van der Waals surface area contributed by atoms with E-state index in [9.17, 15) is 20.2 Å². The van der Waals surface area contributed by atoms with Crippen molar-refractivity contribution in [1.82, 2.24) is 4.98 Å². The molecule has 0 fully saturated rings. The number of benzene rings is 2. The number of hydrogen-bond donors (Lipinski definition) is 0. The minimum absolute atomic E-state index is 0.0663. The monoisotopic (exact) mass is 269 g/mol. The van der Waals surface area contributed by atoms with Crippen LogP contribution in [0, 0.1) is 20.2 Å². The standard InChI is InChI=1S/C13H7N3O4/c17-15(18)9-4-5-11-8(6-9)7-10-12(14-11)2-1-3-13(10)16(19)20/h1-7H. The molecule has 0 saturated heterocycles. The second kappa shape index (κ2) is 4.23. The average Bonchev–Trinajstić information content (AvgIpc) is 2.43. The fourth-order valence-corrected chi connectivity index (χ4v) is 2.10. The molecule has 0 atom stereocenters. The van der Waals surface area contributed by atoms with Crippen molar-refractivity contribution in [2.75, 3.05) is 0 Å². The van der Waals surface area contributed by atoms with Gasteiger partial charge in [-0.05, 0) is 18.2 Å². The van der Waals surface area contributed by atoms with Crippen molar-refractivity contribution in [1.29, 1.82) is 0 Å². The number of fused-ring (bicyclic) bond motifs is 2. The summed E-state index contributed by atoms with van der Waals surface area (Å²) in [7, 11) is 0. The predicted octanol–water partition coefficient (Wildman–Crippen LogP) is 3.20. The molecule has 0 spiro atoms. The van der Waals surface area contributed by atoms with Crippen molar-refractivity contribution in [2.24, 2.45) is 0 Å². The van der Waals surface area contributed by atoms with E-state index < -0.39 is 9.85 Å². The third-order valence-corrected chi connectivity index (χ3v) is 3.02. The maximum atomic E-state index is 11.0. The van der Waals surface area contributed by atoms with Crippen molar-refractivity contribution in [2.45, 2.75) is 0 Å². The minimum Gasteiger partial charge on any atom is -0.258 e. The van der Waals surface area contributed by atoms with Crippen LogP contribution in [0.5, 0.6) is 0 Å². The lowest BCUT2D eigenvalue weighted by Crippen LogP contribution is -1.92.